The molecule has 0 saturated heterocycles. The molecule has 0 aromatic heterocycles. The first-order chi connectivity index (χ1) is 20.2. The highest BCUT2D eigenvalue weighted by molar-refractivity contribution is 7.88. The van der Waals surface area contributed by atoms with Crippen LogP contribution in [0.1, 0.15) is 37.8 Å². The zero-order chi connectivity index (χ0) is 31.7. The van der Waals surface area contributed by atoms with Crippen molar-refractivity contribution >= 4 is 45.2 Å². The summed E-state index contributed by atoms with van der Waals surface area (Å²) in [5.74, 6) is -0.801. The zero-order valence-corrected chi connectivity index (χ0v) is 25.7. The van der Waals surface area contributed by atoms with Crippen LogP contribution in [0.4, 0.5) is 16.2 Å². The fourth-order valence-corrected chi connectivity index (χ4v) is 5.25. The smallest absolute Gasteiger partial charge is 0.323 e. The van der Waals surface area contributed by atoms with Gasteiger partial charge in [-0.1, -0.05) is 38.1 Å². The molecule has 1 aliphatic rings. The molecule has 13 nitrogen and oxygen atoms in total. The van der Waals surface area contributed by atoms with Crippen LogP contribution < -0.4 is 25.4 Å². The van der Waals surface area contributed by atoms with Crippen LogP contribution in [0, 0.1) is 12.8 Å². The number of urea groups is 1. The Morgan fingerprint density at radius 3 is 2.44 bits per heavy atom. The number of rotatable bonds is 14. The van der Waals surface area contributed by atoms with E-state index in [1.807, 2.05) is 39.0 Å². The van der Waals surface area contributed by atoms with E-state index in [2.05, 4.69) is 25.7 Å². The third-order valence-electron chi connectivity index (χ3n) is 6.50. The number of aryl methyl sites for hydroxylation is 1. The Kier molecular flexibility index (Phi) is 11.5. The number of carbonyl (C=O) groups excluding carboxylic acids is 2. The first kappa shape index (κ1) is 33.3. The van der Waals surface area contributed by atoms with Crippen LogP contribution in [0.3, 0.4) is 0 Å². The fourth-order valence-electron chi connectivity index (χ4n) is 4.53. The molecule has 0 fully saturated rings. The number of nitrogens with one attached hydrogen (secondary N) is 4. The van der Waals surface area contributed by atoms with Gasteiger partial charge in [0.05, 0.1) is 32.0 Å². The van der Waals surface area contributed by atoms with Gasteiger partial charge in [0.15, 0.2) is 0 Å². The summed E-state index contributed by atoms with van der Waals surface area (Å²) in [6, 6.07) is 10.1. The number of sulfonamides is 1. The molecule has 3 rings (SSSR count). The third kappa shape index (κ3) is 10.6. The Morgan fingerprint density at radius 1 is 1.12 bits per heavy atom. The summed E-state index contributed by atoms with van der Waals surface area (Å²) in [7, 11) is -2.28. The van der Waals surface area contributed by atoms with Crippen LogP contribution >= 0.6 is 0 Å². The molecule has 0 saturated carbocycles. The molecule has 3 atom stereocenters. The topological polar surface area (TPSA) is 185 Å². The van der Waals surface area contributed by atoms with Crippen molar-refractivity contribution in [1.29, 1.82) is 0 Å². The molecule has 0 aliphatic carbocycles. The van der Waals surface area contributed by atoms with Crippen molar-refractivity contribution in [3.8, 4) is 5.75 Å². The Labute approximate surface area is 251 Å². The number of hydrogen-bond acceptors (Lipinski definition) is 8. The van der Waals surface area contributed by atoms with E-state index >= 15 is 0 Å². The standard InChI is InChI=1S/C29H39N5O8S/c1-17(2)12-23(27-30-16-20(42-27)15-24(28(36)37)34-43(5,39)40)31-26(35)14-19-10-11-22(25(13-19)41-4)33-29(38)32-21-9-7-6-8-18(21)3/h6-11,13,17,20,23-24,34H,12,14-16H2,1-5H3,(H,31,35)(H,36,37)(H2,32,33,38). The molecule has 1 aliphatic heterocycles. The first-order valence-corrected chi connectivity index (χ1v) is 15.6. The summed E-state index contributed by atoms with van der Waals surface area (Å²) in [5, 5.41) is 17.9. The molecule has 3 unspecified atom stereocenters. The van der Waals surface area contributed by atoms with Gasteiger partial charge in [0.25, 0.3) is 0 Å². The van der Waals surface area contributed by atoms with Gasteiger partial charge in [0, 0.05) is 12.1 Å². The summed E-state index contributed by atoms with van der Waals surface area (Å²) in [4.78, 5) is 41.5. The van der Waals surface area contributed by atoms with E-state index in [1.54, 1.807) is 24.3 Å². The maximum absolute atomic E-state index is 13.1. The van der Waals surface area contributed by atoms with Gasteiger partial charge in [-0.05, 0) is 48.6 Å². The summed E-state index contributed by atoms with van der Waals surface area (Å²) < 4.78 is 36.5. The van der Waals surface area contributed by atoms with Gasteiger partial charge >= 0.3 is 12.0 Å². The van der Waals surface area contributed by atoms with Crippen molar-refractivity contribution in [2.45, 2.75) is 58.2 Å². The van der Waals surface area contributed by atoms with Gasteiger partial charge in [-0.3, -0.25) is 9.59 Å². The highest BCUT2D eigenvalue weighted by Crippen LogP contribution is 2.26. The van der Waals surface area contributed by atoms with Crippen LogP contribution in [0.2, 0.25) is 0 Å². The van der Waals surface area contributed by atoms with E-state index in [-0.39, 0.29) is 37.1 Å². The van der Waals surface area contributed by atoms with E-state index in [0.29, 0.717) is 29.1 Å². The van der Waals surface area contributed by atoms with Crippen LogP contribution in [0.25, 0.3) is 0 Å². The van der Waals surface area contributed by atoms with Crippen LogP contribution in [-0.2, 0) is 30.8 Å². The Bertz CT molecular complexity index is 1460. The van der Waals surface area contributed by atoms with E-state index in [4.69, 9.17) is 9.47 Å². The number of nitrogens with zero attached hydrogens (tertiary/aromatic N) is 1. The number of carboxylic acids is 1. The lowest BCUT2D eigenvalue weighted by Crippen LogP contribution is -2.45. The highest BCUT2D eigenvalue weighted by atomic mass is 32.2. The van der Waals surface area contributed by atoms with Crippen LogP contribution in [-0.4, -0.2) is 75.4 Å². The molecule has 14 heteroatoms. The van der Waals surface area contributed by atoms with Gasteiger partial charge in [-0.25, -0.2) is 22.9 Å². The molecule has 5 N–H and O–H groups in total. The monoisotopic (exact) mass is 617 g/mol. The molecular weight excluding hydrogens is 578 g/mol. The minimum absolute atomic E-state index is 0.0106. The van der Waals surface area contributed by atoms with Crippen molar-refractivity contribution in [3.63, 3.8) is 0 Å². The van der Waals surface area contributed by atoms with E-state index in [1.165, 1.54) is 7.11 Å². The second-order valence-electron chi connectivity index (χ2n) is 10.8. The Balaban J connectivity index is 1.62. The molecule has 2 aromatic rings. The minimum atomic E-state index is -3.74. The third-order valence-corrected chi connectivity index (χ3v) is 7.22. The largest absolute Gasteiger partial charge is 0.495 e. The maximum atomic E-state index is 13.1. The summed E-state index contributed by atoms with van der Waals surface area (Å²) >= 11 is 0. The molecule has 43 heavy (non-hydrogen) atoms. The second-order valence-corrected chi connectivity index (χ2v) is 12.6. The fraction of sp³-hybridized carbons (Fsp3) is 0.448. The van der Waals surface area contributed by atoms with E-state index in [9.17, 15) is 27.9 Å². The van der Waals surface area contributed by atoms with Gasteiger partial charge in [0.1, 0.15) is 23.9 Å². The summed E-state index contributed by atoms with van der Waals surface area (Å²) in [6.07, 6.45) is 0.628. The molecular formula is C29H39N5O8S. The van der Waals surface area contributed by atoms with Crippen molar-refractivity contribution in [1.82, 2.24) is 10.0 Å². The van der Waals surface area contributed by atoms with Gasteiger partial charge in [-0.2, -0.15) is 0 Å². The Morgan fingerprint density at radius 2 is 1.81 bits per heavy atom. The average molecular weight is 618 g/mol. The summed E-state index contributed by atoms with van der Waals surface area (Å²) in [6.45, 7) is 5.99. The lowest BCUT2D eigenvalue weighted by Gasteiger charge is -2.23. The zero-order valence-electron chi connectivity index (χ0n) is 24.8. The van der Waals surface area contributed by atoms with Gasteiger partial charge in [0.2, 0.25) is 21.8 Å². The number of ether oxygens (including phenoxy) is 2. The lowest BCUT2D eigenvalue weighted by atomic mass is 10.0. The molecule has 1 heterocycles. The SMILES string of the molecule is COc1cc(CC(=O)NC(CC(C)C)C2=NCC(CC(NS(C)(=O)=O)C(=O)O)O2)ccc1NC(=O)Nc1ccccc1C. The maximum Gasteiger partial charge on any atom is 0.323 e. The number of anilines is 2. The van der Waals surface area contributed by atoms with Crippen molar-refractivity contribution in [3.05, 3.63) is 53.6 Å². The predicted molar refractivity (Wildman–Crippen MR) is 163 cm³/mol. The number of benzene rings is 2. The number of aliphatic carboxylic acids is 1. The number of carboxylic acid groups (broad SMARTS) is 1. The molecule has 0 bridgehead atoms. The van der Waals surface area contributed by atoms with Gasteiger partial charge < -0.3 is 30.5 Å². The number of aliphatic imine (C=N–C) groups is 1. The summed E-state index contributed by atoms with van der Waals surface area (Å²) in [5.41, 5.74) is 2.67. The van der Waals surface area contributed by atoms with Crippen molar-refractivity contribution in [2.75, 3.05) is 30.5 Å². The number of amides is 3. The molecule has 2 aromatic carbocycles. The number of hydrogen-bond donors (Lipinski definition) is 5. The van der Waals surface area contributed by atoms with Gasteiger partial charge in [-0.15, -0.1) is 0 Å². The van der Waals surface area contributed by atoms with Crippen molar-refractivity contribution < 1.29 is 37.4 Å². The van der Waals surface area contributed by atoms with Crippen LogP contribution in [0.15, 0.2) is 47.5 Å². The quantitative estimate of drug-likeness (QED) is 0.214. The average Bonchev–Trinajstić information content (AvgIpc) is 3.37. The first-order valence-electron chi connectivity index (χ1n) is 13.7. The molecule has 234 valence electrons. The van der Waals surface area contributed by atoms with E-state index in [0.717, 1.165) is 11.8 Å². The number of carbonyl (C=O) groups is 3. The van der Waals surface area contributed by atoms with E-state index < -0.39 is 40.2 Å². The Hall–Kier alpha value is -4.17. The van der Waals surface area contributed by atoms with Crippen LogP contribution in [0.5, 0.6) is 5.75 Å². The lowest BCUT2D eigenvalue weighted by molar-refractivity contribution is -0.139. The molecule has 3 amide bonds. The molecule has 0 radical (unpaired) electrons. The van der Waals surface area contributed by atoms with Crippen molar-refractivity contribution in [2.24, 2.45) is 10.9 Å². The molecule has 0 spiro atoms. The number of para-hydroxylation sites is 1. The number of methoxy groups -OCH3 is 1. The second kappa shape index (κ2) is 14.8. The minimum Gasteiger partial charge on any atom is -0.495 e. The highest BCUT2D eigenvalue weighted by Gasteiger charge is 2.33. The normalized spacial score (nSPS) is 16.0. The predicted octanol–water partition coefficient (Wildman–Crippen LogP) is 2.91.